The van der Waals surface area contributed by atoms with Gasteiger partial charge in [-0.25, -0.2) is 0 Å². The summed E-state index contributed by atoms with van der Waals surface area (Å²) < 4.78 is 32.0. The molecule has 0 fully saturated rings. The zero-order valence-electron chi connectivity index (χ0n) is 8.63. The summed E-state index contributed by atoms with van der Waals surface area (Å²) in [7, 11) is -3.65. The molecule has 90 valence electrons. The Morgan fingerprint density at radius 2 is 2.18 bits per heavy atom. The van der Waals surface area contributed by atoms with Crippen LogP contribution in [0.4, 0.5) is 0 Å². The number of nitrogens with two attached hydrogens (primary N) is 1. The average molecular weight is 317 g/mol. The van der Waals surface area contributed by atoms with Gasteiger partial charge in [0.1, 0.15) is 12.4 Å². The second-order valence-corrected chi connectivity index (χ2v) is 5.86. The summed E-state index contributed by atoms with van der Waals surface area (Å²) in [6.45, 7) is 0.0744. The Bertz CT molecular complexity index is 608. The van der Waals surface area contributed by atoms with E-state index in [4.69, 9.17) is 10.5 Å². The first-order chi connectivity index (χ1) is 7.99. The molecule has 0 saturated heterocycles. The molecule has 0 amide bonds. The third kappa shape index (κ3) is 2.67. The largest absolute Gasteiger partial charge is 0.489 e. The lowest BCUT2D eigenvalue weighted by Crippen LogP contribution is -2.11. The van der Waals surface area contributed by atoms with E-state index in [-0.39, 0.29) is 11.6 Å². The van der Waals surface area contributed by atoms with Crippen LogP contribution in [-0.4, -0.2) is 21.2 Å². The number of benzene rings is 1. The Morgan fingerprint density at radius 1 is 1.41 bits per heavy atom. The predicted molar refractivity (Wildman–Crippen MR) is 68.3 cm³/mol. The molecular formula is C10H9BrN2O3S. The molecule has 0 radical (unpaired) electrons. The second kappa shape index (κ2) is 4.50. The topological polar surface area (TPSA) is 81.8 Å². The second-order valence-electron chi connectivity index (χ2n) is 3.35. The van der Waals surface area contributed by atoms with E-state index in [0.29, 0.717) is 11.3 Å². The van der Waals surface area contributed by atoms with E-state index in [2.05, 4.69) is 20.3 Å². The van der Waals surface area contributed by atoms with Crippen molar-refractivity contribution >= 4 is 32.2 Å². The molecule has 0 saturated carbocycles. The van der Waals surface area contributed by atoms with Gasteiger partial charge >= 0.3 is 0 Å². The van der Waals surface area contributed by atoms with Gasteiger partial charge in [0.2, 0.25) is 0 Å². The van der Waals surface area contributed by atoms with E-state index in [1.54, 1.807) is 12.1 Å². The van der Waals surface area contributed by atoms with E-state index in [1.807, 2.05) is 12.1 Å². The molecule has 17 heavy (non-hydrogen) atoms. The zero-order valence-corrected chi connectivity index (χ0v) is 11.0. The van der Waals surface area contributed by atoms with E-state index in [1.165, 1.54) is 6.21 Å². The van der Waals surface area contributed by atoms with Gasteiger partial charge in [0.25, 0.3) is 10.0 Å². The summed E-state index contributed by atoms with van der Waals surface area (Å²) in [5, 5.41) is -0.243. The van der Waals surface area contributed by atoms with Gasteiger partial charge in [0.05, 0.1) is 6.21 Å². The van der Waals surface area contributed by atoms with Gasteiger partial charge in [-0.1, -0.05) is 22.0 Å². The maximum atomic E-state index is 11.2. The van der Waals surface area contributed by atoms with Crippen LogP contribution in [0.1, 0.15) is 0 Å². The lowest BCUT2D eigenvalue weighted by Gasteiger charge is -2.05. The Morgan fingerprint density at radius 3 is 2.76 bits per heavy atom. The molecule has 2 rings (SSSR count). The van der Waals surface area contributed by atoms with E-state index in [9.17, 15) is 8.42 Å². The molecule has 1 aliphatic rings. The molecule has 0 aliphatic carbocycles. The van der Waals surface area contributed by atoms with Crippen molar-refractivity contribution in [3.05, 3.63) is 39.3 Å². The number of sulfonamides is 1. The van der Waals surface area contributed by atoms with Gasteiger partial charge in [0, 0.05) is 10.0 Å². The quantitative estimate of drug-likeness (QED) is 0.914. The molecule has 0 spiro atoms. The highest BCUT2D eigenvalue weighted by atomic mass is 79.9. The van der Waals surface area contributed by atoms with Crippen molar-refractivity contribution in [2.24, 2.45) is 10.1 Å². The fourth-order valence-corrected chi connectivity index (χ4v) is 2.45. The van der Waals surface area contributed by atoms with Gasteiger partial charge in [-0.15, -0.1) is 0 Å². The van der Waals surface area contributed by atoms with Crippen LogP contribution in [0.25, 0.3) is 0 Å². The number of ether oxygens (including phenoxy) is 1. The van der Waals surface area contributed by atoms with Crippen LogP contribution in [0.5, 0.6) is 5.75 Å². The monoisotopic (exact) mass is 316 g/mol. The number of halogens is 1. The molecule has 1 aromatic rings. The van der Waals surface area contributed by atoms with Crippen LogP contribution in [-0.2, 0) is 10.0 Å². The minimum absolute atomic E-state index is 0.0744. The molecule has 0 atom stereocenters. The lowest BCUT2D eigenvalue weighted by atomic mass is 10.3. The van der Waals surface area contributed by atoms with Crippen molar-refractivity contribution in [1.29, 1.82) is 0 Å². The first-order valence-electron chi connectivity index (χ1n) is 4.66. The van der Waals surface area contributed by atoms with Crippen molar-refractivity contribution < 1.29 is 13.2 Å². The maximum Gasteiger partial charge on any atom is 0.297 e. The standard InChI is InChI=1S/C10H9BrN2O3S/c11-8-2-1-3-9(4-8)16-6-7-5-13-17(14,15)10(7)12/h1-5H,6,12H2. The third-order valence-corrected chi connectivity index (χ3v) is 3.83. The van der Waals surface area contributed by atoms with E-state index in [0.717, 1.165) is 4.47 Å². The Kier molecular flexibility index (Phi) is 3.21. The number of hydrogen-bond acceptors (Lipinski definition) is 4. The number of nitrogens with zero attached hydrogens (tertiary/aromatic N) is 1. The summed E-state index contributed by atoms with van der Waals surface area (Å²) in [6, 6.07) is 7.22. The summed E-state index contributed by atoms with van der Waals surface area (Å²) in [5.41, 5.74) is 5.79. The van der Waals surface area contributed by atoms with Gasteiger partial charge in [-0.2, -0.15) is 12.8 Å². The van der Waals surface area contributed by atoms with Crippen LogP contribution in [0, 0.1) is 0 Å². The summed E-state index contributed by atoms with van der Waals surface area (Å²) in [4.78, 5) is 0. The van der Waals surface area contributed by atoms with Crippen molar-refractivity contribution in [2.75, 3.05) is 6.61 Å². The Labute approximate surface area is 107 Å². The molecule has 1 aromatic carbocycles. The summed E-state index contributed by atoms with van der Waals surface area (Å²) >= 11 is 3.31. The highest BCUT2D eigenvalue weighted by Crippen LogP contribution is 2.20. The first kappa shape index (κ1) is 12.1. The number of rotatable bonds is 3. The summed E-state index contributed by atoms with van der Waals surface area (Å²) in [6.07, 6.45) is 1.21. The van der Waals surface area contributed by atoms with Crippen LogP contribution in [0.2, 0.25) is 0 Å². The van der Waals surface area contributed by atoms with Crippen LogP contribution in [0.3, 0.4) is 0 Å². The number of hydrogen-bond donors (Lipinski definition) is 1. The van der Waals surface area contributed by atoms with Crippen LogP contribution >= 0.6 is 15.9 Å². The third-order valence-electron chi connectivity index (χ3n) is 2.13. The highest BCUT2D eigenvalue weighted by molar-refractivity contribution is 9.10. The average Bonchev–Trinajstić information content (AvgIpc) is 2.52. The molecule has 0 unspecified atom stereocenters. The smallest absolute Gasteiger partial charge is 0.297 e. The molecule has 2 N–H and O–H groups in total. The zero-order chi connectivity index (χ0) is 12.5. The van der Waals surface area contributed by atoms with Gasteiger partial charge in [-0.3, -0.25) is 0 Å². The minimum Gasteiger partial charge on any atom is -0.489 e. The minimum atomic E-state index is -3.65. The lowest BCUT2D eigenvalue weighted by molar-refractivity contribution is 0.357. The molecule has 0 bridgehead atoms. The maximum absolute atomic E-state index is 11.2. The van der Waals surface area contributed by atoms with Crippen LogP contribution in [0.15, 0.2) is 43.7 Å². The highest BCUT2D eigenvalue weighted by Gasteiger charge is 2.22. The molecular weight excluding hydrogens is 308 g/mol. The normalized spacial score (nSPS) is 17.5. The SMILES string of the molecule is NC1=C(COc2cccc(Br)c2)C=NS1(=O)=O. The molecule has 5 nitrogen and oxygen atoms in total. The molecule has 1 heterocycles. The van der Waals surface area contributed by atoms with E-state index < -0.39 is 10.0 Å². The van der Waals surface area contributed by atoms with Crippen molar-refractivity contribution in [3.8, 4) is 5.75 Å². The van der Waals surface area contributed by atoms with Gasteiger partial charge in [0.15, 0.2) is 5.03 Å². The Balaban J connectivity index is 2.10. The van der Waals surface area contributed by atoms with Gasteiger partial charge in [-0.05, 0) is 18.2 Å². The molecule has 7 heteroatoms. The van der Waals surface area contributed by atoms with Crippen molar-refractivity contribution in [2.45, 2.75) is 0 Å². The predicted octanol–water partition coefficient (Wildman–Crippen LogP) is 1.41. The fourth-order valence-electron chi connectivity index (χ4n) is 1.25. The molecule has 0 aromatic heterocycles. The summed E-state index contributed by atoms with van der Waals surface area (Å²) in [5.74, 6) is 0.623. The first-order valence-corrected chi connectivity index (χ1v) is 6.90. The van der Waals surface area contributed by atoms with Gasteiger partial charge < -0.3 is 10.5 Å². The fraction of sp³-hybridized carbons (Fsp3) is 0.100. The Hall–Kier alpha value is -1.34. The van der Waals surface area contributed by atoms with Crippen molar-refractivity contribution in [3.63, 3.8) is 0 Å². The van der Waals surface area contributed by atoms with E-state index >= 15 is 0 Å². The van der Waals surface area contributed by atoms with Crippen LogP contribution < -0.4 is 10.5 Å². The van der Waals surface area contributed by atoms with Crippen molar-refractivity contribution in [1.82, 2.24) is 0 Å². The molecule has 1 aliphatic heterocycles.